The predicted molar refractivity (Wildman–Crippen MR) is 126 cm³/mol. The van der Waals surface area contributed by atoms with Crippen molar-refractivity contribution < 1.29 is 17.9 Å². The van der Waals surface area contributed by atoms with E-state index in [1.54, 1.807) is 12.1 Å². The van der Waals surface area contributed by atoms with Gasteiger partial charge < -0.3 is 9.30 Å². The number of aromatic nitrogens is 1. The largest absolute Gasteiger partial charge is 0.495 e. The molecular formula is C23H32ClN3O4S. The molecule has 0 atom stereocenters. The van der Waals surface area contributed by atoms with Gasteiger partial charge in [-0.15, -0.1) is 0 Å². The zero-order chi connectivity index (χ0) is 23.8. The van der Waals surface area contributed by atoms with Crippen LogP contribution in [0, 0.1) is 13.8 Å². The highest BCUT2D eigenvalue weighted by molar-refractivity contribution is 7.89. The fourth-order valence-corrected chi connectivity index (χ4v) is 6.33. The van der Waals surface area contributed by atoms with Crippen molar-refractivity contribution in [3.63, 3.8) is 0 Å². The molecule has 0 bridgehead atoms. The van der Waals surface area contributed by atoms with Gasteiger partial charge in [0.15, 0.2) is 5.78 Å². The van der Waals surface area contributed by atoms with Crippen LogP contribution in [0.3, 0.4) is 0 Å². The maximum absolute atomic E-state index is 13.1. The molecule has 2 heterocycles. The van der Waals surface area contributed by atoms with Crippen LogP contribution >= 0.6 is 11.6 Å². The van der Waals surface area contributed by atoms with Gasteiger partial charge in [-0.05, 0) is 58.9 Å². The topological polar surface area (TPSA) is 71.9 Å². The van der Waals surface area contributed by atoms with Gasteiger partial charge in [-0.3, -0.25) is 9.69 Å². The SMILES string of the molecule is COc1ccc(Cl)cc1S(=O)(=O)N1CCN(CC(=O)c2cc(C)n(C(C)(C)C)c2C)CC1. The first-order valence-electron chi connectivity index (χ1n) is 10.6. The van der Waals surface area contributed by atoms with Crippen molar-refractivity contribution in [3.05, 3.63) is 46.2 Å². The molecule has 0 amide bonds. The first-order chi connectivity index (χ1) is 14.9. The Kier molecular flexibility index (Phi) is 7.10. The van der Waals surface area contributed by atoms with E-state index < -0.39 is 10.0 Å². The number of rotatable bonds is 6. The Hall–Kier alpha value is -1.87. The smallest absolute Gasteiger partial charge is 0.246 e. The summed E-state index contributed by atoms with van der Waals surface area (Å²) in [7, 11) is -2.31. The molecule has 3 rings (SSSR count). The Bertz CT molecular complexity index is 1110. The van der Waals surface area contributed by atoms with Crippen molar-refractivity contribution in [2.24, 2.45) is 0 Å². The van der Waals surface area contributed by atoms with Crippen LogP contribution < -0.4 is 4.74 Å². The van der Waals surface area contributed by atoms with E-state index in [0.717, 1.165) is 17.0 Å². The lowest BCUT2D eigenvalue weighted by atomic mass is 10.1. The minimum absolute atomic E-state index is 0.0569. The van der Waals surface area contributed by atoms with Gasteiger partial charge in [-0.25, -0.2) is 8.42 Å². The third-order valence-electron chi connectivity index (χ3n) is 5.84. The van der Waals surface area contributed by atoms with Crippen LogP contribution in [0.2, 0.25) is 5.02 Å². The van der Waals surface area contributed by atoms with E-state index in [-0.39, 0.29) is 28.5 Å². The molecule has 0 aliphatic carbocycles. The number of methoxy groups -OCH3 is 1. The lowest BCUT2D eigenvalue weighted by molar-refractivity contribution is 0.0901. The molecule has 0 unspecified atom stereocenters. The van der Waals surface area contributed by atoms with Crippen LogP contribution in [-0.2, 0) is 15.6 Å². The third-order valence-corrected chi connectivity index (χ3v) is 8.00. The number of carbonyl (C=O) groups is 1. The maximum atomic E-state index is 13.1. The summed E-state index contributed by atoms with van der Waals surface area (Å²) in [5, 5.41) is 0.335. The summed E-state index contributed by atoms with van der Waals surface area (Å²) >= 11 is 6.03. The highest BCUT2D eigenvalue weighted by Gasteiger charge is 2.32. The molecule has 0 N–H and O–H groups in total. The summed E-state index contributed by atoms with van der Waals surface area (Å²) in [5.41, 5.74) is 2.66. The van der Waals surface area contributed by atoms with Crippen molar-refractivity contribution >= 4 is 27.4 Å². The number of benzene rings is 1. The van der Waals surface area contributed by atoms with E-state index in [2.05, 4.69) is 25.3 Å². The Morgan fingerprint density at radius 3 is 2.25 bits per heavy atom. The zero-order valence-corrected chi connectivity index (χ0v) is 21.2. The number of hydrogen-bond acceptors (Lipinski definition) is 5. The third kappa shape index (κ3) is 4.88. The molecule has 1 aromatic carbocycles. The first kappa shape index (κ1) is 24.8. The molecule has 1 aromatic heterocycles. The second kappa shape index (κ2) is 9.17. The molecule has 176 valence electrons. The molecule has 7 nitrogen and oxygen atoms in total. The van der Waals surface area contributed by atoms with Gasteiger partial charge >= 0.3 is 0 Å². The summed E-state index contributed by atoms with van der Waals surface area (Å²) in [4.78, 5) is 15.1. The van der Waals surface area contributed by atoms with Crippen molar-refractivity contribution in [2.45, 2.75) is 45.1 Å². The number of carbonyl (C=O) groups excluding carboxylic acids is 1. The molecule has 1 aliphatic heterocycles. The quantitative estimate of drug-likeness (QED) is 0.588. The summed E-state index contributed by atoms with van der Waals surface area (Å²) in [6.07, 6.45) is 0. The summed E-state index contributed by atoms with van der Waals surface area (Å²) in [5.74, 6) is 0.322. The number of nitrogens with zero attached hydrogens (tertiary/aromatic N) is 3. The Morgan fingerprint density at radius 2 is 1.72 bits per heavy atom. The van der Waals surface area contributed by atoms with Crippen molar-refractivity contribution in [2.75, 3.05) is 39.8 Å². The van der Waals surface area contributed by atoms with E-state index in [4.69, 9.17) is 16.3 Å². The average Bonchev–Trinajstić information content (AvgIpc) is 3.02. The number of Topliss-reactive ketones (excluding diaryl/α,β-unsaturated/α-hetero) is 1. The standard InChI is InChI=1S/C23H32ClN3O4S/c1-16-13-19(17(2)27(16)23(3,4)5)20(28)15-25-9-11-26(12-10-25)32(29,30)22-14-18(24)7-8-21(22)31-6/h7-8,13-14H,9-12,15H2,1-6H3. The molecule has 32 heavy (non-hydrogen) atoms. The molecule has 1 saturated heterocycles. The van der Waals surface area contributed by atoms with Crippen LogP contribution in [0.25, 0.3) is 0 Å². The number of piperazine rings is 1. The molecule has 0 saturated carbocycles. The zero-order valence-electron chi connectivity index (χ0n) is 19.6. The van der Waals surface area contributed by atoms with Crippen LogP contribution in [0.4, 0.5) is 0 Å². The Labute approximate surface area is 196 Å². The lowest BCUT2D eigenvalue weighted by Gasteiger charge is -2.33. The van der Waals surface area contributed by atoms with Gasteiger partial charge in [0.25, 0.3) is 0 Å². The molecule has 0 spiro atoms. The van der Waals surface area contributed by atoms with Gasteiger partial charge in [0.1, 0.15) is 10.6 Å². The molecule has 1 fully saturated rings. The van der Waals surface area contributed by atoms with Crippen LogP contribution in [-0.4, -0.2) is 67.8 Å². The Morgan fingerprint density at radius 1 is 1.09 bits per heavy atom. The van der Waals surface area contributed by atoms with E-state index in [1.807, 2.05) is 24.8 Å². The van der Waals surface area contributed by atoms with Gasteiger partial charge in [0, 0.05) is 53.7 Å². The van der Waals surface area contributed by atoms with E-state index in [0.29, 0.717) is 31.2 Å². The van der Waals surface area contributed by atoms with Crippen molar-refractivity contribution in [1.82, 2.24) is 13.8 Å². The monoisotopic (exact) mass is 481 g/mol. The van der Waals surface area contributed by atoms with E-state index in [1.165, 1.54) is 17.5 Å². The number of sulfonamides is 1. The lowest BCUT2D eigenvalue weighted by Crippen LogP contribution is -2.49. The number of aryl methyl sites for hydroxylation is 1. The summed E-state index contributed by atoms with van der Waals surface area (Å²) < 4.78 is 35.1. The minimum atomic E-state index is -3.75. The average molecular weight is 482 g/mol. The maximum Gasteiger partial charge on any atom is 0.246 e. The van der Waals surface area contributed by atoms with Crippen LogP contribution in [0.15, 0.2) is 29.2 Å². The highest BCUT2D eigenvalue weighted by Crippen LogP contribution is 2.30. The fraction of sp³-hybridized carbons (Fsp3) is 0.522. The van der Waals surface area contributed by atoms with Gasteiger partial charge in [0.05, 0.1) is 13.7 Å². The number of ketones is 1. The van der Waals surface area contributed by atoms with E-state index in [9.17, 15) is 13.2 Å². The summed E-state index contributed by atoms with van der Waals surface area (Å²) in [6, 6.07) is 6.52. The van der Waals surface area contributed by atoms with Gasteiger partial charge in [0.2, 0.25) is 10.0 Å². The van der Waals surface area contributed by atoms with Crippen molar-refractivity contribution in [1.29, 1.82) is 0 Å². The summed E-state index contributed by atoms with van der Waals surface area (Å²) in [6.45, 7) is 12.2. The fourth-order valence-electron chi connectivity index (χ4n) is 4.48. The molecular weight excluding hydrogens is 450 g/mol. The van der Waals surface area contributed by atoms with E-state index >= 15 is 0 Å². The van der Waals surface area contributed by atoms with Gasteiger partial charge in [-0.2, -0.15) is 4.31 Å². The minimum Gasteiger partial charge on any atom is -0.495 e. The second-order valence-corrected chi connectivity index (χ2v) is 11.5. The number of ether oxygens (including phenoxy) is 1. The Balaban J connectivity index is 1.69. The molecule has 1 aliphatic rings. The van der Waals surface area contributed by atoms with Crippen LogP contribution in [0.1, 0.15) is 42.5 Å². The first-order valence-corrected chi connectivity index (χ1v) is 12.5. The molecule has 2 aromatic rings. The molecule has 9 heteroatoms. The van der Waals surface area contributed by atoms with Crippen molar-refractivity contribution in [3.8, 4) is 5.75 Å². The highest BCUT2D eigenvalue weighted by atomic mass is 35.5. The van der Waals surface area contributed by atoms with Gasteiger partial charge in [-0.1, -0.05) is 11.6 Å². The normalized spacial score (nSPS) is 16.3. The number of hydrogen-bond donors (Lipinski definition) is 0. The number of halogens is 1. The van der Waals surface area contributed by atoms with Crippen LogP contribution in [0.5, 0.6) is 5.75 Å². The predicted octanol–water partition coefficient (Wildman–Crippen LogP) is 3.71. The second-order valence-electron chi connectivity index (χ2n) is 9.19. The molecule has 0 radical (unpaired) electrons.